The zero-order valence-electron chi connectivity index (χ0n) is 28.4. The molecule has 0 fully saturated rings. The fraction of sp³-hybridized carbons (Fsp3) is 0. The lowest BCUT2D eigenvalue weighted by molar-refractivity contribution is 1.07. The maximum absolute atomic E-state index is 4.92. The van der Waals surface area contributed by atoms with Gasteiger partial charge in [-0.2, -0.15) is 0 Å². The van der Waals surface area contributed by atoms with Crippen LogP contribution >= 0.6 is 0 Å². The van der Waals surface area contributed by atoms with Gasteiger partial charge in [-0.1, -0.05) is 200 Å². The Hall–Kier alpha value is -6.97. The summed E-state index contributed by atoms with van der Waals surface area (Å²) in [5, 5.41) is 2.44. The maximum atomic E-state index is 4.92. The Morgan fingerprint density at radius 3 is 0.808 bits per heavy atom. The SMILES string of the molecule is c1ccc(-c2ccc(-c3ccc(-c4ccc(-c5ccc(-c6nc(-c7ccccc7)nc(-c7ccccc7)n6)cc5)c5ccccc45)cc3)cc2)cc1. The molecule has 8 aromatic carbocycles. The Labute approximate surface area is 303 Å². The highest BCUT2D eigenvalue weighted by Crippen LogP contribution is 2.37. The van der Waals surface area contributed by atoms with Crippen LogP contribution in [0.3, 0.4) is 0 Å². The minimum atomic E-state index is 0.648. The summed E-state index contributed by atoms with van der Waals surface area (Å²) >= 11 is 0. The average molecular weight is 664 g/mol. The second-order valence-electron chi connectivity index (χ2n) is 12.8. The maximum Gasteiger partial charge on any atom is 0.164 e. The second-order valence-corrected chi connectivity index (χ2v) is 12.8. The summed E-state index contributed by atoms with van der Waals surface area (Å²) < 4.78 is 0. The third-order valence-electron chi connectivity index (χ3n) is 9.60. The average Bonchev–Trinajstić information content (AvgIpc) is 3.24. The molecule has 0 atom stereocenters. The van der Waals surface area contributed by atoms with Crippen molar-refractivity contribution in [1.29, 1.82) is 0 Å². The Kier molecular flexibility index (Phi) is 8.20. The van der Waals surface area contributed by atoms with E-state index in [9.17, 15) is 0 Å². The summed E-state index contributed by atoms with van der Waals surface area (Å²) in [6.45, 7) is 0. The number of rotatable bonds is 7. The molecule has 0 spiro atoms. The zero-order chi connectivity index (χ0) is 34.7. The lowest BCUT2D eigenvalue weighted by Gasteiger charge is -2.13. The van der Waals surface area contributed by atoms with Crippen molar-refractivity contribution in [3.8, 4) is 78.7 Å². The van der Waals surface area contributed by atoms with Gasteiger partial charge in [-0.25, -0.2) is 15.0 Å². The van der Waals surface area contributed by atoms with Crippen LogP contribution in [-0.4, -0.2) is 15.0 Å². The Morgan fingerprint density at radius 1 is 0.192 bits per heavy atom. The van der Waals surface area contributed by atoms with E-state index in [4.69, 9.17) is 15.0 Å². The van der Waals surface area contributed by atoms with Crippen molar-refractivity contribution in [2.45, 2.75) is 0 Å². The highest BCUT2D eigenvalue weighted by molar-refractivity contribution is 6.05. The van der Waals surface area contributed by atoms with E-state index >= 15 is 0 Å². The van der Waals surface area contributed by atoms with Crippen molar-refractivity contribution < 1.29 is 0 Å². The number of aromatic nitrogens is 3. The summed E-state index contributed by atoms with van der Waals surface area (Å²) in [6, 6.07) is 70.1. The Bertz CT molecular complexity index is 2560. The molecule has 3 nitrogen and oxygen atoms in total. The van der Waals surface area contributed by atoms with Crippen LogP contribution in [-0.2, 0) is 0 Å². The molecule has 0 N–H and O–H groups in total. The van der Waals surface area contributed by atoms with Crippen molar-refractivity contribution in [3.05, 3.63) is 200 Å². The molecule has 0 aliphatic heterocycles. The molecule has 0 unspecified atom stereocenters. The molecule has 3 heteroatoms. The van der Waals surface area contributed by atoms with E-state index < -0.39 is 0 Å². The molecule has 0 aliphatic carbocycles. The second kappa shape index (κ2) is 13.7. The smallest absolute Gasteiger partial charge is 0.164 e. The van der Waals surface area contributed by atoms with E-state index in [-0.39, 0.29) is 0 Å². The molecule has 9 rings (SSSR count). The summed E-state index contributed by atoms with van der Waals surface area (Å²) in [5.41, 5.74) is 12.5. The summed E-state index contributed by atoms with van der Waals surface area (Å²) in [6.07, 6.45) is 0. The molecule has 244 valence electrons. The summed E-state index contributed by atoms with van der Waals surface area (Å²) in [7, 11) is 0. The number of benzene rings is 8. The predicted molar refractivity (Wildman–Crippen MR) is 215 cm³/mol. The van der Waals surface area contributed by atoms with Gasteiger partial charge in [0, 0.05) is 16.7 Å². The van der Waals surface area contributed by atoms with Gasteiger partial charge < -0.3 is 0 Å². The first-order valence-electron chi connectivity index (χ1n) is 17.5. The van der Waals surface area contributed by atoms with Crippen LogP contribution in [0.25, 0.3) is 89.4 Å². The van der Waals surface area contributed by atoms with E-state index in [2.05, 4.69) is 140 Å². The van der Waals surface area contributed by atoms with Crippen molar-refractivity contribution >= 4 is 10.8 Å². The monoisotopic (exact) mass is 663 g/mol. The van der Waals surface area contributed by atoms with Crippen LogP contribution in [0.4, 0.5) is 0 Å². The fourth-order valence-corrected chi connectivity index (χ4v) is 6.87. The van der Waals surface area contributed by atoms with Crippen LogP contribution in [0, 0.1) is 0 Å². The lowest BCUT2D eigenvalue weighted by atomic mass is 9.91. The van der Waals surface area contributed by atoms with E-state index in [0.717, 1.165) is 22.3 Å². The van der Waals surface area contributed by atoms with Crippen molar-refractivity contribution in [2.75, 3.05) is 0 Å². The fourth-order valence-electron chi connectivity index (χ4n) is 6.87. The van der Waals surface area contributed by atoms with E-state index in [1.54, 1.807) is 0 Å². The quantitative estimate of drug-likeness (QED) is 0.170. The van der Waals surface area contributed by atoms with Gasteiger partial charge >= 0.3 is 0 Å². The van der Waals surface area contributed by atoms with Crippen LogP contribution in [0.1, 0.15) is 0 Å². The van der Waals surface area contributed by atoms with E-state index in [1.807, 2.05) is 60.7 Å². The Morgan fingerprint density at radius 2 is 0.442 bits per heavy atom. The normalized spacial score (nSPS) is 11.1. The van der Waals surface area contributed by atoms with Gasteiger partial charge in [0.1, 0.15) is 0 Å². The molecule has 0 saturated heterocycles. The molecule has 0 bridgehead atoms. The van der Waals surface area contributed by atoms with Crippen LogP contribution in [0.2, 0.25) is 0 Å². The third-order valence-corrected chi connectivity index (χ3v) is 9.60. The molecular weight excluding hydrogens is 631 g/mol. The van der Waals surface area contributed by atoms with Crippen LogP contribution < -0.4 is 0 Å². The van der Waals surface area contributed by atoms with Crippen molar-refractivity contribution in [3.63, 3.8) is 0 Å². The molecule has 9 aromatic rings. The molecule has 1 heterocycles. The van der Waals surface area contributed by atoms with Crippen LogP contribution in [0.15, 0.2) is 200 Å². The van der Waals surface area contributed by atoms with E-state index in [0.29, 0.717) is 17.5 Å². The predicted octanol–water partition coefficient (Wildman–Crippen LogP) is 12.7. The van der Waals surface area contributed by atoms with Gasteiger partial charge in [0.25, 0.3) is 0 Å². The van der Waals surface area contributed by atoms with Gasteiger partial charge in [-0.3, -0.25) is 0 Å². The van der Waals surface area contributed by atoms with Gasteiger partial charge in [-0.05, 0) is 55.3 Å². The summed E-state index contributed by atoms with van der Waals surface area (Å²) in [5.74, 6) is 1.96. The third kappa shape index (κ3) is 6.17. The van der Waals surface area contributed by atoms with Gasteiger partial charge in [0.15, 0.2) is 17.5 Å². The zero-order valence-corrected chi connectivity index (χ0v) is 28.4. The van der Waals surface area contributed by atoms with Gasteiger partial charge in [0.05, 0.1) is 0 Å². The largest absolute Gasteiger partial charge is 0.208 e. The molecular formula is C49H33N3. The van der Waals surface area contributed by atoms with E-state index in [1.165, 1.54) is 49.7 Å². The first kappa shape index (κ1) is 31.0. The lowest BCUT2D eigenvalue weighted by Crippen LogP contribution is -2.00. The summed E-state index contributed by atoms with van der Waals surface area (Å²) in [4.78, 5) is 14.7. The molecule has 0 amide bonds. The van der Waals surface area contributed by atoms with Gasteiger partial charge in [0.2, 0.25) is 0 Å². The van der Waals surface area contributed by atoms with Crippen molar-refractivity contribution in [2.24, 2.45) is 0 Å². The number of hydrogen-bond donors (Lipinski definition) is 0. The first-order valence-corrected chi connectivity index (χ1v) is 17.5. The molecule has 1 aromatic heterocycles. The topological polar surface area (TPSA) is 38.7 Å². The number of fused-ring (bicyclic) bond motifs is 1. The minimum Gasteiger partial charge on any atom is -0.208 e. The Balaban J connectivity index is 1.02. The van der Waals surface area contributed by atoms with Crippen LogP contribution in [0.5, 0.6) is 0 Å². The van der Waals surface area contributed by atoms with Crippen molar-refractivity contribution in [1.82, 2.24) is 15.0 Å². The number of hydrogen-bond acceptors (Lipinski definition) is 3. The minimum absolute atomic E-state index is 0.648. The molecule has 52 heavy (non-hydrogen) atoms. The number of nitrogens with zero attached hydrogens (tertiary/aromatic N) is 3. The molecule has 0 radical (unpaired) electrons. The first-order chi connectivity index (χ1) is 25.8. The molecule has 0 saturated carbocycles. The highest BCUT2D eigenvalue weighted by Gasteiger charge is 2.14. The standard InChI is InChI=1S/C49H33N3/c1-4-12-34(13-5-1)35-20-22-36(23-21-35)37-24-26-38(27-25-37)43-32-33-44(46-19-11-10-18-45(43)46)39-28-30-42(31-29-39)49-51-47(40-14-6-2-7-15-40)50-48(52-49)41-16-8-3-9-17-41/h1-33H. The highest BCUT2D eigenvalue weighted by atomic mass is 15.0. The molecule has 0 aliphatic rings. The van der Waals surface area contributed by atoms with Gasteiger partial charge in [-0.15, -0.1) is 0 Å².